The average molecular weight is 627 g/mol. The number of allylic oxidation sites excluding steroid dienone is 2. The van der Waals surface area contributed by atoms with Gasteiger partial charge in [0.05, 0.1) is 5.76 Å². The van der Waals surface area contributed by atoms with Crippen molar-refractivity contribution >= 4 is 5.78 Å². The molecule has 0 amide bonds. The van der Waals surface area contributed by atoms with Crippen LogP contribution in [0.15, 0.2) is 109 Å². The maximum atomic E-state index is 10.6. The van der Waals surface area contributed by atoms with Crippen molar-refractivity contribution in [2.24, 2.45) is 0 Å². The Labute approximate surface area is 214 Å². The zero-order valence-electron chi connectivity index (χ0n) is 18.9. The van der Waals surface area contributed by atoms with E-state index in [0.29, 0.717) is 17.8 Å². The second-order valence-electron chi connectivity index (χ2n) is 7.32. The monoisotopic (exact) mass is 627 g/mol. The number of hydrogen-bond acceptors (Lipinski definition) is 4. The van der Waals surface area contributed by atoms with Crippen LogP contribution in [0, 0.1) is 12.1 Å². The van der Waals surface area contributed by atoms with Crippen LogP contribution < -0.4 is 0 Å². The van der Waals surface area contributed by atoms with Crippen molar-refractivity contribution in [2.45, 2.75) is 26.2 Å². The van der Waals surface area contributed by atoms with Gasteiger partial charge in [0.25, 0.3) is 0 Å². The normalized spacial score (nSPS) is 11.8. The van der Waals surface area contributed by atoms with Gasteiger partial charge in [0.2, 0.25) is 0 Å². The van der Waals surface area contributed by atoms with E-state index in [1.165, 1.54) is 6.92 Å². The Morgan fingerprint density at radius 3 is 1.56 bits per heavy atom. The first kappa shape index (κ1) is 26.8. The molecule has 0 unspecified atom stereocenters. The first-order valence-corrected chi connectivity index (χ1v) is 10.8. The molecule has 1 N–H and O–H groups in total. The summed E-state index contributed by atoms with van der Waals surface area (Å²) in [6.07, 6.45) is 5.96. The number of carbonyl (C=O) groups excluding carboxylic acids is 1. The van der Waals surface area contributed by atoms with Gasteiger partial charge >= 0.3 is 0 Å². The Balaban J connectivity index is 0.000000180. The van der Waals surface area contributed by atoms with Crippen LogP contribution >= 0.6 is 0 Å². The topological polar surface area (TPSA) is 63.1 Å². The van der Waals surface area contributed by atoms with Gasteiger partial charge in [-0.3, -0.25) is 4.79 Å². The molecule has 2 aromatic carbocycles. The number of benzene rings is 2. The van der Waals surface area contributed by atoms with Crippen molar-refractivity contribution in [1.82, 2.24) is 9.97 Å². The minimum Gasteiger partial charge on any atom is -0.512 e. The van der Waals surface area contributed by atoms with E-state index in [1.807, 2.05) is 84.9 Å². The fourth-order valence-corrected chi connectivity index (χ4v) is 3.26. The summed E-state index contributed by atoms with van der Waals surface area (Å²) in [6.45, 7) is 1.50. The minimum atomic E-state index is 0. The largest absolute Gasteiger partial charge is 0.512 e. The Kier molecular flexibility index (Phi) is 11.6. The van der Waals surface area contributed by atoms with E-state index in [1.54, 1.807) is 12.4 Å². The predicted molar refractivity (Wildman–Crippen MR) is 131 cm³/mol. The fraction of sp³-hybridized carbons (Fsp3) is 0.138. The molecular weight excluding hydrogens is 601 g/mol. The van der Waals surface area contributed by atoms with Gasteiger partial charge in [0.15, 0.2) is 5.78 Å². The molecule has 1 aliphatic rings. The number of Topliss-reactive ketones (excluding diaryl/α,β-unsaturated/α-hetero) is 1. The van der Waals surface area contributed by atoms with E-state index < -0.39 is 0 Å². The molecule has 1 radical (unpaired) electrons. The van der Waals surface area contributed by atoms with Gasteiger partial charge in [-0.2, -0.15) is 0 Å². The molecule has 0 bridgehead atoms. The molecule has 0 saturated heterocycles. The summed E-state index contributed by atoms with van der Waals surface area (Å²) in [4.78, 5) is 19.1. The molecule has 5 rings (SSSR count). The van der Waals surface area contributed by atoms with Crippen LogP contribution in [0.3, 0.4) is 0 Å². The Bertz CT molecular complexity index is 1000. The van der Waals surface area contributed by atoms with Gasteiger partial charge in [-0.15, -0.1) is 71.8 Å². The average Bonchev–Trinajstić information content (AvgIpc) is 3.33. The third-order valence-electron chi connectivity index (χ3n) is 4.91. The fourth-order valence-electron chi connectivity index (χ4n) is 3.26. The van der Waals surface area contributed by atoms with E-state index in [-0.39, 0.29) is 25.9 Å². The van der Waals surface area contributed by atoms with E-state index >= 15 is 0 Å². The second kappa shape index (κ2) is 14.7. The van der Waals surface area contributed by atoms with Gasteiger partial charge in [-0.1, -0.05) is 24.3 Å². The molecule has 34 heavy (non-hydrogen) atoms. The molecule has 2 aromatic heterocycles. The number of hydrogen-bond donors (Lipinski definition) is 1. The summed E-state index contributed by atoms with van der Waals surface area (Å²) >= 11 is 0. The molecule has 0 atom stereocenters. The molecule has 2 heterocycles. The molecule has 0 saturated carbocycles. The number of aliphatic hydroxyl groups is 1. The maximum Gasteiger partial charge on any atom is 0.159 e. The predicted octanol–water partition coefficient (Wildman–Crippen LogP) is 6.67. The number of pyridine rings is 2. The quantitative estimate of drug-likeness (QED) is 0.258. The van der Waals surface area contributed by atoms with Crippen molar-refractivity contribution in [3.8, 4) is 22.5 Å². The molecule has 4 aromatic rings. The number of rotatable bonds is 3. The van der Waals surface area contributed by atoms with Crippen molar-refractivity contribution in [1.29, 1.82) is 0 Å². The summed E-state index contributed by atoms with van der Waals surface area (Å²) in [7, 11) is 0. The third kappa shape index (κ3) is 8.51. The Morgan fingerprint density at radius 2 is 1.26 bits per heavy atom. The van der Waals surface area contributed by atoms with E-state index in [4.69, 9.17) is 5.11 Å². The van der Waals surface area contributed by atoms with Crippen LogP contribution in [0.5, 0.6) is 0 Å². The summed E-state index contributed by atoms with van der Waals surface area (Å²) < 4.78 is 0. The molecule has 175 valence electrons. The summed E-state index contributed by atoms with van der Waals surface area (Å²) in [5.41, 5.74) is 4.66. The third-order valence-corrected chi connectivity index (χ3v) is 4.91. The number of carbonyl (C=O) groups is 1. The molecular formula is C29H26IrN2O2-2. The number of ketones is 1. The molecule has 1 aliphatic carbocycles. The van der Waals surface area contributed by atoms with E-state index in [9.17, 15) is 4.79 Å². The Morgan fingerprint density at radius 1 is 0.765 bits per heavy atom. The van der Waals surface area contributed by atoms with Gasteiger partial charge in [-0.25, -0.2) is 0 Å². The first-order valence-electron chi connectivity index (χ1n) is 10.8. The van der Waals surface area contributed by atoms with Gasteiger partial charge in [0.1, 0.15) is 0 Å². The van der Waals surface area contributed by atoms with Crippen LogP contribution in [0.2, 0.25) is 0 Å². The van der Waals surface area contributed by atoms with Crippen LogP contribution in [-0.4, -0.2) is 20.9 Å². The van der Waals surface area contributed by atoms with Gasteiger partial charge in [0, 0.05) is 44.5 Å². The van der Waals surface area contributed by atoms with E-state index in [0.717, 1.165) is 35.4 Å². The zero-order chi connectivity index (χ0) is 23.3. The van der Waals surface area contributed by atoms with Crippen LogP contribution in [0.1, 0.15) is 26.2 Å². The second-order valence-corrected chi connectivity index (χ2v) is 7.32. The van der Waals surface area contributed by atoms with Crippen molar-refractivity contribution in [2.75, 3.05) is 0 Å². The number of aliphatic hydroxyl groups excluding tert-OH is 1. The van der Waals surface area contributed by atoms with Crippen LogP contribution in [0.4, 0.5) is 0 Å². The molecule has 4 nitrogen and oxygen atoms in total. The minimum absolute atomic E-state index is 0. The summed E-state index contributed by atoms with van der Waals surface area (Å²) in [5, 5.41) is 9.02. The number of aromatic nitrogens is 2. The summed E-state index contributed by atoms with van der Waals surface area (Å²) in [6, 6.07) is 33.6. The first-order chi connectivity index (χ1) is 16.1. The zero-order valence-corrected chi connectivity index (χ0v) is 21.3. The molecule has 0 spiro atoms. The van der Waals surface area contributed by atoms with Crippen molar-refractivity contribution < 1.29 is 30.0 Å². The van der Waals surface area contributed by atoms with Gasteiger partial charge < -0.3 is 15.1 Å². The Hall–Kier alpha value is -3.40. The van der Waals surface area contributed by atoms with Crippen molar-refractivity contribution in [3.63, 3.8) is 0 Å². The van der Waals surface area contributed by atoms with Crippen LogP contribution in [0.25, 0.3) is 22.5 Å². The summed E-state index contributed by atoms with van der Waals surface area (Å²) in [5.74, 6) is 0.326. The molecule has 0 aliphatic heterocycles. The van der Waals surface area contributed by atoms with Crippen LogP contribution in [-0.2, 0) is 24.9 Å². The van der Waals surface area contributed by atoms with E-state index in [2.05, 4.69) is 22.1 Å². The molecule has 5 heteroatoms. The standard InChI is InChI=1S/2C11H8N.C7H10O2.Ir/c2*1-2-6-10(7-3-1)11-8-4-5-9-12-11;1-5(8)6-3-2-4-7(6)9;/h2*1-6,8-9H;9H,2-4H2,1H3;/q2*-1;;. The SMILES string of the molecule is CC(=O)C1=C(O)CCC1.[Ir].[c-]1ccccc1-c1ccccn1.[c-]1ccccc1-c1ccccn1. The maximum absolute atomic E-state index is 10.6. The molecule has 0 fully saturated rings. The van der Waals surface area contributed by atoms with Crippen molar-refractivity contribution in [3.05, 3.63) is 121 Å². The van der Waals surface area contributed by atoms with Gasteiger partial charge in [-0.05, 0) is 43.3 Å². The smallest absolute Gasteiger partial charge is 0.159 e. The number of nitrogens with zero attached hydrogens (tertiary/aromatic N) is 2.